The Labute approximate surface area is 94.9 Å². The molecule has 1 aliphatic heterocycles. The number of aliphatic hydroxyl groups is 3. The summed E-state index contributed by atoms with van der Waals surface area (Å²) in [5.41, 5.74) is 0. The van der Waals surface area contributed by atoms with E-state index in [0.29, 0.717) is 19.5 Å². The van der Waals surface area contributed by atoms with Crippen molar-refractivity contribution in [2.45, 2.75) is 31.6 Å². The number of rotatable bonds is 7. The maximum Gasteiger partial charge on any atom is 0.222 e. The van der Waals surface area contributed by atoms with Gasteiger partial charge in [0, 0.05) is 32.5 Å². The maximum absolute atomic E-state index is 11.2. The van der Waals surface area contributed by atoms with Crippen LogP contribution in [-0.4, -0.2) is 64.7 Å². The molecule has 0 aromatic heterocycles. The summed E-state index contributed by atoms with van der Waals surface area (Å²) in [5, 5.41) is 29.8. The first kappa shape index (κ1) is 13.4. The molecule has 16 heavy (non-hydrogen) atoms. The summed E-state index contributed by atoms with van der Waals surface area (Å²) in [6, 6.07) is 0. The molecule has 2 atom stereocenters. The molecule has 0 radical (unpaired) electrons. The van der Waals surface area contributed by atoms with E-state index >= 15 is 0 Å². The van der Waals surface area contributed by atoms with Gasteiger partial charge in [0.05, 0.1) is 12.7 Å². The minimum Gasteiger partial charge on any atom is -0.394 e. The topological polar surface area (TPSA) is 93.0 Å². The fraction of sp³-hybridized carbons (Fsp3) is 0.900. The Kier molecular flexibility index (Phi) is 5.68. The van der Waals surface area contributed by atoms with Gasteiger partial charge >= 0.3 is 0 Å². The third-order valence-corrected chi connectivity index (χ3v) is 2.64. The summed E-state index contributed by atoms with van der Waals surface area (Å²) < 4.78 is 0. The summed E-state index contributed by atoms with van der Waals surface area (Å²) >= 11 is 0. The monoisotopic (exact) mass is 232 g/mol. The lowest BCUT2D eigenvalue weighted by Crippen LogP contribution is -2.39. The molecule has 0 aromatic rings. The van der Waals surface area contributed by atoms with Gasteiger partial charge in [-0.3, -0.25) is 10.1 Å². The van der Waals surface area contributed by atoms with Gasteiger partial charge < -0.3 is 20.2 Å². The Hall–Kier alpha value is -0.690. The Morgan fingerprint density at radius 1 is 1.44 bits per heavy atom. The van der Waals surface area contributed by atoms with Gasteiger partial charge in [-0.15, -0.1) is 0 Å². The van der Waals surface area contributed by atoms with E-state index in [0.717, 1.165) is 13.0 Å². The van der Waals surface area contributed by atoms with Crippen molar-refractivity contribution in [3.8, 4) is 0 Å². The lowest BCUT2D eigenvalue weighted by molar-refractivity contribution is -0.127. The van der Waals surface area contributed by atoms with Crippen LogP contribution in [0.25, 0.3) is 0 Å². The number of nitrogens with zero attached hydrogens (tertiary/aromatic N) is 1. The molecule has 94 valence electrons. The van der Waals surface area contributed by atoms with Crippen LogP contribution in [0.2, 0.25) is 0 Å². The second-order valence-corrected chi connectivity index (χ2v) is 4.03. The van der Waals surface area contributed by atoms with Crippen LogP contribution in [0.3, 0.4) is 0 Å². The van der Waals surface area contributed by atoms with Crippen molar-refractivity contribution < 1.29 is 20.1 Å². The highest BCUT2D eigenvalue weighted by Gasteiger charge is 2.19. The zero-order valence-electron chi connectivity index (χ0n) is 9.30. The molecule has 4 N–H and O–H groups in total. The average Bonchev–Trinajstić information content (AvgIpc) is 2.64. The maximum atomic E-state index is 11.2. The lowest BCUT2D eigenvalue weighted by Gasteiger charge is -2.19. The highest BCUT2D eigenvalue weighted by Crippen LogP contribution is 2.08. The number of likely N-dealkylation sites (tertiary alicyclic amines) is 1. The fourth-order valence-corrected chi connectivity index (χ4v) is 1.72. The smallest absolute Gasteiger partial charge is 0.222 e. The Balaban J connectivity index is 2.08. The van der Waals surface area contributed by atoms with E-state index in [2.05, 4.69) is 5.32 Å². The van der Waals surface area contributed by atoms with Crippen LogP contribution in [0.4, 0.5) is 0 Å². The molecule has 0 saturated carbocycles. The molecule has 2 unspecified atom stereocenters. The summed E-state index contributed by atoms with van der Waals surface area (Å²) in [6.45, 7) is 1.50. The molecule has 1 saturated heterocycles. The molecule has 1 aliphatic rings. The largest absolute Gasteiger partial charge is 0.394 e. The fourth-order valence-electron chi connectivity index (χ4n) is 1.72. The zero-order valence-corrected chi connectivity index (χ0v) is 9.30. The van der Waals surface area contributed by atoms with E-state index in [1.54, 1.807) is 4.90 Å². The standard InChI is InChI=1S/C10H20N2O4/c13-7-8(14)6-9(15)11-3-5-12-4-1-2-10(12)16/h8-9,11,13-15H,1-7H2. The number of nitrogens with one attached hydrogen (secondary N) is 1. The van der Waals surface area contributed by atoms with Gasteiger partial charge in [-0.25, -0.2) is 0 Å². The highest BCUT2D eigenvalue weighted by molar-refractivity contribution is 5.78. The van der Waals surface area contributed by atoms with E-state index in [4.69, 9.17) is 10.2 Å². The van der Waals surface area contributed by atoms with Crippen molar-refractivity contribution in [2.24, 2.45) is 0 Å². The van der Waals surface area contributed by atoms with Crippen molar-refractivity contribution in [1.29, 1.82) is 0 Å². The molecule has 1 rings (SSSR count). The molecule has 0 spiro atoms. The van der Waals surface area contributed by atoms with Crippen LogP contribution in [0, 0.1) is 0 Å². The van der Waals surface area contributed by atoms with Gasteiger partial charge in [-0.1, -0.05) is 0 Å². The Morgan fingerprint density at radius 3 is 2.75 bits per heavy atom. The van der Waals surface area contributed by atoms with Crippen LogP contribution in [0.5, 0.6) is 0 Å². The van der Waals surface area contributed by atoms with Gasteiger partial charge in [-0.2, -0.15) is 0 Å². The molecule has 6 nitrogen and oxygen atoms in total. The first-order chi connectivity index (χ1) is 7.63. The van der Waals surface area contributed by atoms with Crippen molar-refractivity contribution in [1.82, 2.24) is 10.2 Å². The van der Waals surface area contributed by atoms with Crippen molar-refractivity contribution in [3.63, 3.8) is 0 Å². The molecule has 1 fully saturated rings. The quantitative estimate of drug-likeness (QED) is 0.391. The second-order valence-electron chi connectivity index (χ2n) is 4.03. The first-order valence-corrected chi connectivity index (χ1v) is 5.61. The summed E-state index contributed by atoms with van der Waals surface area (Å²) in [4.78, 5) is 13.0. The minimum atomic E-state index is -0.907. The van der Waals surface area contributed by atoms with Gasteiger partial charge in [0.1, 0.15) is 6.23 Å². The highest BCUT2D eigenvalue weighted by atomic mass is 16.3. The number of aliphatic hydroxyl groups excluding tert-OH is 3. The zero-order chi connectivity index (χ0) is 12.0. The normalized spacial score (nSPS) is 20.2. The predicted molar refractivity (Wildman–Crippen MR) is 57.5 cm³/mol. The third kappa shape index (κ3) is 4.44. The minimum absolute atomic E-state index is 0.0877. The molecule has 6 heteroatoms. The number of carbonyl (C=O) groups excluding carboxylic acids is 1. The van der Waals surface area contributed by atoms with Crippen molar-refractivity contribution in [2.75, 3.05) is 26.2 Å². The van der Waals surface area contributed by atoms with Gasteiger partial charge in [0.15, 0.2) is 0 Å². The van der Waals surface area contributed by atoms with Gasteiger partial charge in [-0.05, 0) is 6.42 Å². The van der Waals surface area contributed by atoms with Crippen LogP contribution in [0.1, 0.15) is 19.3 Å². The van der Waals surface area contributed by atoms with E-state index < -0.39 is 12.3 Å². The molecular weight excluding hydrogens is 212 g/mol. The molecular formula is C10H20N2O4. The number of hydrogen-bond donors (Lipinski definition) is 4. The van der Waals surface area contributed by atoms with E-state index in [-0.39, 0.29) is 18.9 Å². The molecule has 0 aliphatic carbocycles. The molecule has 1 heterocycles. The van der Waals surface area contributed by atoms with Crippen LogP contribution in [0.15, 0.2) is 0 Å². The molecule has 0 bridgehead atoms. The Morgan fingerprint density at radius 2 is 2.19 bits per heavy atom. The van der Waals surface area contributed by atoms with E-state index in [1.807, 2.05) is 0 Å². The SMILES string of the molecule is O=C1CCCN1CCNC(O)CC(O)CO. The Bertz CT molecular complexity index is 225. The van der Waals surface area contributed by atoms with Gasteiger partial charge in [0.2, 0.25) is 5.91 Å². The molecule has 0 aromatic carbocycles. The predicted octanol–water partition coefficient (Wildman–Crippen LogP) is -1.74. The first-order valence-electron chi connectivity index (χ1n) is 5.61. The third-order valence-electron chi connectivity index (χ3n) is 2.64. The van der Waals surface area contributed by atoms with Crippen molar-refractivity contribution in [3.05, 3.63) is 0 Å². The summed E-state index contributed by atoms with van der Waals surface area (Å²) in [6.07, 6.45) is -0.142. The average molecular weight is 232 g/mol. The van der Waals surface area contributed by atoms with E-state index in [1.165, 1.54) is 0 Å². The van der Waals surface area contributed by atoms with Gasteiger partial charge in [0.25, 0.3) is 0 Å². The number of amides is 1. The van der Waals surface area contributed by atoms with Crippen LogP contribution < -0.4 is 5.32 Å². The van der Waals surface area contributed by atoms with Crippen LogP contribution >= 0.6 is 0 Å². The number of hydrogen-bond acceptors (Lipinski definition) is 5. The number of carbonyl (C=O) groups is 1. The van der Waals surface area contributed by atoms with Crippen LogP contribution in [-0.2, 0) is 4.79 Å². The second kappa shape index (κ2) is 6.80. The summed E-state index contributed by atoms with van der Waals surface area (Å²) in [5.74, 6) is 0.159. The summed E-state index contributed by atoms with van der Waals surface area (Å²) in [7, 11) is 0. The molecule has 1 amide bonds. The lowest BCUT2D eigenvalue weighted by atomic mass is 10.2. The van der Waals surface area contributed by atoms with Crippen molar-refractivity contribution >= 4 is 5.91 Å². The van der Waals surface area contributed by atoms with E-state index in [9.17, 15) is 9.90 Å².